The van der Waals surface area contributed by atoms with Crippen LogP contribution in [0.1, 0.15) is 5.69 Å². The molecule has 10 heteroatoms. The van der Waals surface area contributed by atoms with E-state index in [9.17, 15) is 13.2 Å². The van der Waals surface area contributed by atoms with Crippen molar-refractivity contribution in [1.82, 2.24) is 9.78 Å². The molecule has 1 heterocycles. The first-order valence-corrected chi connectivity index (χ1v) is 9.15. The zero-order chi connectivity index (χ0) is 18.9. The minimum atomic E-state index is -4.41. The van der Waals surface area contributed by atoms with E-state index in [0.29, 0.717) is 11.4 Å². The second-order valence-corrected chi connectivity index (χ2v) is 7.18. The zero-order valence-electron chi connectivity index (χ0n) is 13.4. The first-order chi connectivity index (χ1) is 12.3. The lowest BCUT2D eigenvalue weighted by Crippen LogP contribution is -2.13. The van der Waals surface area contributed by atoms with Gasteiger partial charge in [0.2, 0.25) is 0 Å². The Balaban J connectivity index is 2.03. The van der Waals surface area contributed by atoms with Gasteiger partial charge in [-0.1, -0.05) is 29.8 Å². The number of hydrogen-bond acceptors (Lipinski definition) is 5. The van der Waals surface area contributed by atoms with Crippen molar-refractivity contribution >= 4 is 33.1 Å². The van der Waals surface area contributed by atoms with Crippen LogP contribution < -0.4 is 5.56 Å². The summed E-state index contributed by atoms with van der Waals surface area (Å²) >= 11 is 5.97. The standard InChI is InChI=1S/C16H13ClN4O4S/c1-10-15(16(22)21(20-10)11-5-3-2-4-6-11)19-18-14-9-12(26(23,24)25)7-8-13(14)17/h2-9,20H,1H3,(H,23,24,25). The van der Waals surface area contributed by atoms with Gasteiger partial charge in [0.25, 0.3) is 15.7 Å². The summed E-state index contributed by atoms with van der Waals surface area (Å²) in [6.07, 6.45) is 0. The van der Waals surface area contributed by atoms with Crippen LogP contribution in [0.5, 0.6) is 0 Å². The van der Waals surface area contributed by atoms with Crippen LogP contribution in [-0.2, 0) is 10.1 Å². The van der Waals surface area contributed by atoms with Gasteiger partial charge in [-0.15, -0.1) is 10.2 Å². The van der Waals surface area contributed by atoms with Crippen molar-refractivity contribution in [2.24, 2.45) is 10.2 Å². The largest absolute Gasteiger partial charge is 0.299 e. The summed E-state index contributed by atoms with van der Waals surface area (Å²) in [4.78, 5) is 12.2. The van der Waals surface area contributed by atoms with Crippen LogP contribution >= 0.6 is 11.6 Å². The van der Waals surface area contributed by atoms with Gasteiger partial charge in [0.1, 0.15) is 5.69 Å². The topological polar surface area (TPSA) is 117 Å². The van der Waals surface area contributed by atoms with Crippen LogP contribution in [0.4, 0.5) is 11.4 Å². The Bertz CT molecular complexity index is 1150. The van der Waals surface area contributed by atoms with Crippen molar-refractivity contribution in [3.8, 4) is 5.69 Å². The second kappa shape index (κ2) is 6.87. The number of aromatic nitrogens is 2. The molecule has 1 aromatic heterocycles. The highest BCUT2D eigenvalue weighted by molar-refractivity contribution is 7.85. The second-order valence-electron chi connectivity index (χ2n) is 5.35. The van der Waals surface area contributed by atoms with Crippen molar-refractivity contribution in [2.75, 3.05) is 0 Å². The van der Waals surface area contributed by atoms with E-state index in [0.717, 1.165) is 12.1 Å². The van der Waals surface area contributed by atoms with Crippen molar-refractivity contribution in [3.05, 3.63) is 69.6 Å². The number of aryl methyl sites for hydroxylation is 1. The Labute approximate surface area is 153 Å². The maximum Gasteiger partial charge on any atom is 0.299 e. The number of para-hydroxylation sites is 1. The third-order valence-electron chi connectivity index (χ3n) is 3.53. The fraction of sp³-hybridized carbons (Fsp3) is 0.0625. The Morgan fingerprint density at radius 1 is 1.12 bits per heavy atom. The van der Waals surface area contributed by atoms with Crippen molar-refractivity contribution < 1.29 is 13.0 Å². The number of rotatable bonds is 4. The van der Waals surface area contributed by atoms with Crippen LogP contribution in [0.25, 0.3) is 5.69 Å². The molecular formula is C16H13ClN4O4S. The number of nitrogens with zero attached hydrogens (tertiary/aromatic N) is 3. The lowest BCUT2D eigenvalue weighted by Gasteiger charge is -2.00. The quantitative estimate of drug-likeness (QED) is 0.518. The predicted molar refractivity (Wildman–Crippen MR) is 96.6 cm³/mol. The zero-order valence-corrected chi connectivity index (χ0v) is 15.0. The minimum Gasteiger partial charge on any atom is -0.293 e. The van der Waals surface area contributed by atoms with E-state index in [1.165, 1.54) is 10.7 Å². The summed E-state index contributed by atoms with van der Waals surface area (Å²) in [5.41, 5.74) is 0.757. The number of azo groups is 1. The summed E-state index contributed by atoms with van der Waals surface area (Å²) in [6.45, 7) is 1.66. The normalized spacial score (nSPS) is 12.0. The van der Waals surface area contributed by atoms with Crippen molar-refractivity contribution in [1.29, 1.82) is 0 Å². The summed E-state index contributed by atoms with van der Waals surface area (Å²) in [5, 5.41) is 10.8. The molecule has 0 radical (unpaired) electrons. The fourth-order valence-electron chi connectivity index (χ4n) is 2.25. The molecule has 8 nitrogen and oxygen atoms in total. The highest BCUT2D eigenvalue weighted by Gasteiger charge is 2.14. The monoisotopic (exact) mass is 392 g/mol. The number of benzene rings is 2. The van der Waals surface area contributed by atoms with Crippen LogP contribution in [-0.4, -0.2) is 22.8 Å². The molecule has 0 spiro atoms. The van der Waals surface area contributed by atoms with Crippen LogP contribution in [0, 0.1) is 6.92 Å². The molecule has 3 rings (SSSR count). The molecule has 0 aliphatic carbocycles. The molecule has 134 valence electrons. The highest BCUT2D eigenvalue weighted by Crippen LogP contribution is 2.29. The fourth-order valence-corrected chi connectivity index (χ4v) is 2.90. The number of nitrogens with one attached hydrogen (secondary N) is 1. The summed E-state index contributed by atoms with van der Waals surface area (Å²) in [6, 6.07) is 12.4. The maximum absolute atomic E-state index is 12.5. The van der Waals surface area contributed by atoms with Gasteiger partial charge < -0.3 is 0 Å². The minimum absolute atomic E-state index is 0.00746. The average Bonchev–Trinajstić information content (AvgIpc) is 2.88. The van der Waals surface area contributed by atoms with Gasteiger partial charge in [0, 0.05) is 0 Å². The lowest BCUT2D eigenvalue weighted by atomic mass is 10.3. The Kier molecular flexibility index (Phi) is 4.77. The molecule has 2 N–H and O–H groups in total. The SMILES string of the molecule is Cc1[nH]n(-c2ccccc2)c(=O)c1N=Nc1cc(S(=O)(=O)O)ccc1Cl. The Morgan fingerprint density at radius 2 is 1.81 bits per heavy atom. The van der Waals surface area contributed by atoms with Gasteiger partial charge in [0.15, 0.2) is 5.69 Å². The molecule has 0 fully saturated rings. The lowest BCUT2D eigenvalue weighted by molar-refractivity contribution is 0.483. The summed E-state index contributed by atoms with van der Waals surface area (Å²) in [5.74, 6) is 0. The van der Waals surface area contributed by atoms with Crippen LogP contribution in [0.15, 0.2) is 68.4 Å². The van der Waals surface area contributed by atoms with Gasteiger partial charge in [0.05, 0.1) is 21.3 Å². The first kappa shape index (κ1) is 18.1. The molecule has 0 bridgehead atoms. The third-order valence-corrected chi connectivity index (χ3v) is 4.70. The van der Waals surface area contributed by atoms with Crippen molar-refractivity contribution in [2.45, 2.75) is 11.8 Å². The molecule has 0 aliphatic heterocycles. The molecule has 3 aromatic rings. The van der Waals surface area contributed by atoms with Crippen molar-refractivity contribution in [3.63, 3.8) is 0 Å². The summed E-state index contributed by atoms with van der Waals surface area (Å²) in [7, 11) is -4.41. The van der Waals surface area contributed by atoms with E-state index < -0.39 is 15.7 Å². The molecule has 0 aliphatic rings. The number of aromatic amines is 1. The van der Waals surface area contributed by atoms with E-state index in [-0.39, 0.29) is 21.3 Å². The van der Waals surface area contributed by atoms with E-state index in [2.05, 4.69) is 15.3 Å². The van der Waals surface area contributed by atoms with Crippen LogP contribution in [0.3, 0.4) is 0 Å². The molecule has 0 atom stereocenters. The number of H-pyrrole nitrogens is 1. The van der Waals surface area contributed by atoms with Gasteiger partial charge >= 0.3 is 0 Å². The summed E-state index contributed by atoms with van der Waals surface area (Å²) < 4.78 is 32.9. The average molecular weight is 393 g/mol. The molecule has 0 amide bonds. The van der Waals surface area contributed by atoms with Gasteiger partial charge in [-0.05, 0) is 37.3 Å². The molecule has 0 saturated carbocycles. The number of halogens is 1. The molecule has 26 heavy (non-hydrogen) atoms. The van der Waals surface area contributed by atoms with Gasteiger partial charge in [-0.2, -0.15) is 8.42 Å². The van der Waals surface area contributed by atoms with E-state index in [1.54, 1.807) is 31.2 Å². The van der Waals surface area contributed by atoms with E-state index in [4.69, 9.17) is 16.2 Å². The third kappa shape index (κ3) is 3.59. The highest BCUT2D eigenvalue weighted by atomic mass is 35.5. The maximum atomic E-state index is 12.5. The van der Waals surface area contributed by atoms with Crippen LogP contribution in [0.2, 0.25) is 5.02 Å². The smallest absolute Gasteiger partial charge is 0.293 e. The van der Waals surface area contributed by atoms with E-state index >= 15 is 0 Å². The first-order valence-electron chi connectivity index (χ1n) is 7.33. The van der Waals surface area contributed by atoms with Gasteiger partial charge in [-0.3, -0.25) is 14.4 Å². The molecule has 0 unspecified atom stereocenters. The Morgan fingerprint density at radius 3 is 2.46 bits per heavy atom. The predicted octanol–water partition coefficient (Wildman–Crippen LogP) is 3.79. The molecule has 2 aromatic carbocycles. The molecule has 0 saturated heterocycles. The Hall–Kier alpha value is -2.75. The van der Waals surface area contributed by atoms with Gasteiger partial charge in [-0.25, -0.2) is 4.68 Å². The molecular weight excluding hydrogens is 380 g/mol. The van der Waals surface area contributed by atoms with E-state index in [1.807, 2.05) is 6.07 Å². The number of hydrogen-bond donors (Lipinski definition) is 2.